The second-order valence-electron chi connectivity index (χ2n) is 3.50. The molecule has 17 heavy (non-hydrogen) atoms. The number of hydrogen-bond acceptors (Lipinski definition) is 3. The van der Waals surface area contributed by atoms with E-state index >= 15 is 0 Å². The van der Waals surface area contributed by atoms with Crippen LogP contribution in [0.3, 0.4) is 0 Å². The number of anilines is 1. The normalized spacial score (nSPS) is 9.88. The summed E-state index contributed by atoms with van der Waals surface area (Å²) in [5.41, 5.74) is 1.19. The lowest BCUT2D eigenvalue weighted by molar-refractivity contribution is 0.252. The number of carbonyl (C=O) groups is 1. The quantitative estimate of drug-likeness (QED) is 0.846. The molecule has 0 aliphatic rings. The molecule has 0 radical (unpaired) electrons. The van der Waals surface area contributed by atoms with Crippen LogP contribution in [-0.4, -0.2) is 17.7 Å². The molecule has 1 aromatic carbocycles. The Balaban J connectivity index is 1.70. The van der Waals surface area contributed by atoms with Crippen molar-refractivity contribution in [3.8, 4) is 0 Å². The Bertz CT molecular complexity index is 454. The molecule has 2 rings (SSSR count). The Morgan fingerprint density at radius 3 is 2.76 bits per heavy atom. The maximum absolute atomic E-state index is 11.4. The van der Waals surface area contributed by atoms with E-state index in [9.17, 15) is 4.79 Å². The van der Waals surface area contributed by atoms with Gasteiger partial charge in [-0.3, -0.25) is 5.32 Å². The van der Waals surface area contributed by atoms with E-state index in [1.54, 1.807) is 6.07 Å². The highest BCUT2D eigenvalue weighted by molar-refractivity contribution is 5.87. The Morgan fingerprint density at radius 1 is 1.24 bits per heavy atom. The molecule has 88 valence electrons. The van der Waals surface area contributed by atoms with Crippen LogP contribution in [0, 0.1) is 0 Å². The fourth-order valence-electron chi connectivity index (χ4n) is 1.40. The van der Waals surface area contributed by atoms with Gasteiger partial charge in [0.15, 0.2) is 5.82 Å². The van der Waals surface area contributed by atoms with E-state index in [1.807, 2.05) is 30.3 Å². The Labute approximate surface area is 98.8 Å². The van der Waals surface area contributed by atoms with Crippen LogP contribution >= 0.6 is 0 Å². The standard InChI is InChI=1S/C12H13N3O2/c16-12(14-11-7-9-17-15-11)13-8-6-10-4-2-1-3-5-10/h1-5,7,9H,6,8H2,(H2,13,14,15,16). The number of carbonyl (C=O) groups excluding carboxylic acids is 1. The van der Waals surface area contributed by atoms with Crippen molar-refractivity contribution in [3.05, 3.63) is 48.2 Å². The summed E-state index contributed by atoms with van der Waals surface area (Å²) in [4.78, 5) is 11.4. The van der Waals surface area contributed by atoms with E-state index in [-0.39, 0.29) is 6.03 Å². The Morgan fingerprint density at radius 2 is 2.06 bits per heavy atom. The van der Waals surface area contributed by atoms with Crippen LogP contribution in [0.4, 0.5) is 10.6 Å². The van der Waals surface area contributed by atoms with Crippen LogP contribution in [-0.2, 0) is 6.42 Å². The van der Waals surface area contributed by atoms with E-state index in [4.69, 9.17) is 0 Å². The highest BCUT2D eigenvalue weighted by Gasteiger charge is 2.02. The summed E-state index contributed by atoms with van der Waals surface area (Å²) in [5, 5.41) is 8.87. The molecular formula is C12H13N3O2. The fraction of sp³-hybridized carbons (Fsp3) is 0.167. The first-order valence-electron chi connectivity index (χ1n) is 5.34. The van der Waals surface area contributed by atoms with Gasteiger partial charge in [-0.15, -0.1) is 0 Å². The second-order valence-corrected chi connectivity index (χ2v) is 3.50. The number of nitrogens with zero attached hydrogens (tertiary/aromatic N) is 1. The molecule has 0 spiro atoms. The zero-order valence-electron chi connectivity index (χ0n) is 9.22. The average Bonchev–Trinajstić information content (AvgIpc) is 2.83. The van der Waals surface area contributed by atoms with Crippen LogP contribution in [0.1, 0.15) is 5.56 Å². The third-order valence-corrected chi connectivity index (χ3v) is 2.22. The minimum atomic E-state index is -0.283. The van der Waals surface area contributed by atoms with Crippen molar-refractivity contribution in [1.29, 1.82) is 0 Å². The fourth-order valence-corrected chi connectivity index (χ4v) is 1.40. The predicted molar refractivity (Wildman–Crippen MR) is 63.7 cm³/mol. The number of hydrogen-bond donors (Lipinski definition) is 2. The summed E-state index contributed by atoms with van der Waals surface area (Å²) in [6, 6.07) is 11.3. The molecule has 0 aliphatic heterocycles. The molecule has 0 aliphatic carbocycles. The Kier molecular flexibility index (Phi) is 3.75. The van der Waals surface area contributed by atoms with Crippen LogP contribution in [0.25, 0.3) is 0 Å². The molecule has 2 aromatic rings. The number of amides is 2. The zero-order valence-corrected chi connectivity index (χ0v) is 9.22. The summed E-state index contributed by atoms with van der Waals surface area (Å²) in [7, 11) is 0. The lowest BCUT2D eigenvalue weighted by Gasteiger charge is -2.05. The van der Waals surface area contributed by atoms with Crippen LogP contribution in [0.2, 0.25) is 0 Å². The molecule has 0 fully saturated rings. The predicted octanol–water partition coefficient (Wildman–Crippen LogP) is 2.04. The first kappa shape index (κ1) is 11.2. The van der Waals surface area contributed by atoms with Gasteiger partial charge in [-0.1, -0.05) is 35.5 Å². The van der Waals surface area contributed by atoms with Gasteiger partial charge in [-0.05, 0) is 12.0 Å². The van der Waals surface area contributed by atoms with E-state index < -0.39 is 0 Å². The van der Waals surface area contributed by atoms with Gasteiger partial charge in [0.1, 0.15) is 6.26 Å². The van der Waals surface area contributed by atoms with E-state index in [0.29, 0.717) is 12.4 Å². The molecule has 2 amide bonds. The van der Waals surface area contributed by atoms with Crippen LogP contribution in [0.15, 0.2) is 47.2 Å². The van der Waals surface area contributed by atoms with Gasteiger partial charge in [0.05, 0.1) is 0 Å². The number of aromatic nitrogens is 1. The van der Waals surface area contributed by atoms with Crippen molar-refractivity contribution in [3.63, 3.8) is 0 Å². The maximum Gasteiger partial charge on any atom is 0.320 e. The number of rotatable bonds is 4. The van der Waals surface area contributed by atoms with Crippen molar-refractivity contribution in [1.82, 2.24) is 10.5 Å². The van der Waals surface area contributed by atoms with Crippen molar-refractivity contribution in [2.75, 3.05) is 11.9 Å². The number of benzene rings is 1. The van der Waals surface area contributed by atoms with Gasteiger partial charge in [-0.2, -0.15) is 0 Å². The first-order chi connectivity index (χ1) is 8.34. The summed E-state index contributed by atoms with van der Waals surface area (Å²) in [5.74, 6) is 0.405. The van der Waals surface area contributed by atoms with Crippen molar-refractivity contribution < 1.29 is 9.32 Å². The molecule has 2 N–H and O–H groups in total. The molecule has 0 unspecified atom stereocenters. The van der Waals surface area contributed by atoms with Gasteiger partial charge < -0.3 is 9.84 Å². The molecule has 1 heterocycles. The lowest BCUT2D eigenvalue weighted by Crippen LogP contribution is -2.30. The molecule has 0 saturated carbocycles. The third kappa shape index (κ3) is 3.64. The van der Waals surface area contributed by atoms with Crippen molar-refractivity contribution in [2.45, 2.75) is 6.42 Å². The number of nitrogens with one attached hydrogen (secondary N) is 2. The Hall–Kier alpha value is -2.30. The summed E-state index contributed by atoms with van der Waals surface area (Å²) < 4.78 is 4.60. The summed E-state index contributed by atoms with van der Waals surface area (Å²) in [6.45, 7) is 0.577. The smallest absolute Gasteiger partial charge is 0.320 e. The highest BCUT2D eigenvalue weighted by Crippen LogP contribution is 2.00. The van der Waals surface area contributed by atoms with Gasteiger partial charge in [0, 0.05) is 12.6 Å². The van der Waals surface area contributed by atoms with E-state index in [1.165, 1.54) is 11.8 Å². The first-order valence-corrected chi connectivity index (χ1v) is 5.34. The minimum Gasteiger partial charge on any atom is -0.363 e. The topological polar surface area (TPSA) is 67.2 Å². The molecular weight excluding hydrogens is 218 g/mol. The highest BCUT2D eigenvalue weighted by atomic mass is 16.5. The van der Waals surface area contributed by atoms with E-state index in [2.05, 4.69) is 20.3 Å². The molecule has 5 heteroatoms. The monoisotopic (exact) mass is 231 g/mol. The molecule has 1 aromatic heterocycles. The van der Waals surface area contributed by atoms with E-state index in [0.717, 1.165) is 6.42 Å². The van der Waals surface area contributed by atoms with Gasteiger partial charge in [0.2, 0.25) is 0 Å². The van der Waals surface area contributed by atoms with Crippen molar-refractivity contribution in [2.24, 2.45) is 0 Å². The third-order valence-electron chi connectivity index (χ3n) is 2.22. The molecule has 0 saturated heterocycles. The minimum absolute atomic E-state index is 0.283. The number of urea groups is 1. The zero-order chi connectivity index (χ0) is 11.9. The largest absolute Gasteiger partial charge is 0.363 e. The molecule has 5 nitrogen and oxygen atoms in total. The van der Waals surface area contributed by atoms with Crippen LogP contribution < -0.4 is 10.6 Å². The molecule has 0 atom stereocenters. The summed E-state index contributed by atoms with van der Waals surface area (Å²) >= 11 is 0. The SMILES string of the molecule is O=C(NCCc1ccccc1)Nc1ccon1. The van der Waals surface area contributed by atoms with Gasteiger partial charge in [-0.25, -0.2) is 4.79 Å². The van der Waals surface area contributed by atoms with Gasteiger partial charge in [0.25, 0.3) is 0 Å². The maximum atomic E-state index is 11.4. The summed E-state index contributed by atoms with van der Waals surface area (Å²) in [6.07, 6.45) is 2.20. The molecule has 0 bridgehead atoms. The van der Waals surface area contributed by atoms with Crippen LogP contribution in [0.5, 0.6) is 0 Å². The lowest BCUT2D eigenvalue weighted by atomic mass is 10.1. The van der Waals surface area contributed by atoms with Gasteiger partial charge >= 0.3 is 6.03 Å². The van der Waals surface area contributed by atoms with Crippen molar-refractivity contribution >= 4 is 11.8 Å². The second kappa shape index (κ2) is 5.69. The average molecular weight is 231 g/mol.